The van der Waals surface area contributed by atoms with Gasteiger partial charge in [0.25, 0.3) is 0 Å². The number of amides is 2. The Morgan fingerprint density at radius 1 is 1.33 bits per heavy atom. The highest BCUT2D eigenvalue weighted by molar-refractivity contribution is 5.98. The van der Waals surface area contributed by atoms with Crippen LogP contribution >= 0.6 is 0 Å². The topological polar surface area (TPSA) is 94.9 Å². The van der Waals surface area contributed by atoms with Gasteiger partial charge in [-0.25, -0.2) is 4.98 Å². The first kappa shape index (κ1) is 18.6. The van der Waals surface area contributed by atoms with Crippen LogP contribution in [-0.2, 0) is 16.0 Å². The summed E-state index contributed by atoms with van der Waals surface area (Å²) < 4.78 is 0. The number of pyridine rings is 1. The molecule has 3 rings (SSSR count). The number of hydrogen-bond acceptors (Lipinski definition) is 4. The third-order valence-electron chi connectivity index (χ3n) is 4.56. The minimum absolute atomic E-state index is 0.00287. The van der Waals surface area contributed by atoms with E-state index in [-0.39, 0.29) is 24.3 Å². The molecule has 0 bridgehead atoms. The molecule has 0 aliphatic carbocycles. The highest BCUT2D eigenvalue weighted by Crippen LogP contribution is 2.30. The Morgan fingerprint density at radius 3 is 2.89 bits per heavy atom. The van der Waals surface area contributed by atoms with Gasteiger partial charge in [0.05, 0.1) is 18.4 Å². The minimum atomic E-state index is -0.316. The van der Waals surface area contributed by atoms with Crippen LogP contribution in [0.25, 0.3) is 11.1 Å². The van der Waals surface area contributed by atoms with Gasteiger partial charge in [-0.1, -0.05) is 38.1 Å². The Bertz CT molecular complexity index is 915. The van der Waals surface area contributed by atoms with Crippen LogP contribution in [0.2, 0.25) is 0 Å². The summed E-state index contributed by atoms with van der Waals surface area (Å²) in [5.74, 6) is 0.460. The number of rotatable bonds is 6. The Balaban J connectivity index is 1.91. The number of aromatic nitrogens is 1. The summed E-state index contributed by atoms with van der Waals surface area (Å²) in [6.45, 7) is 4.15. The van der Waals surface area contributed by atoms with Gasteiger partial charge in [-0.2, -0.15) is 5.26 Å². The zero-order chi connectivity index (χ0) is 19.4. The predicted molar refractivity (Wildman–Crippen MR) is 103 cm³/mol. The number of carbonyl (C=O) groups is 2. The number of fused-ring (bicyclic) bond motifs is 1. The van der Waals surface area contributed by atoms with Crippen molar-refractivity contribution in [2.24, 2.45) is 5.92 Å². The maximum atomic E-state index is 12.6. The van der Waals surface area contributed by atoms with Crippen molar-refractivity contribution < 1.29 is 9.59 Å². The molecule has 1 aliphatic rings. The van der Waals surface area contributed by atoms with E-state index < -0.39 is 0 Å². The number of anilines is 1. The lowest BCUT2D eigenvalue weighted by molar-refractivity contribution is -0.122. The summed E-state index contributed by atoms with van der Waals surface area (Å²) >= 11 is 0. The van der Waals surface area contributed by atoms with Gasteiger partial charge in [0.15, 0.2) is 0 Å². The van der Waals surface area contributed by atoms with Crippen LogP contribution in [0.15, 0.2) is 36.5 Å². The van der Waals surface area contributed by atoms with E-state index in [0.717, 1.165) is 22.3 Å². The van der Waals surface area contributed by atoms with E-state index in [0.29, 0.717) is 24.6 Å². The molecule has 2 aromatic rings. The summed E-state index contributed by atoms with van der Waals surface area (Å²) in [5, 5.41) is 14.1. The standard InChI is InChI=1S/C21H22N4O2/c1-13(2)8-18(21(27)23-7-6-22)15-5-3-4-14(9-15)17-10-16-11-19(26)25-20(16)24-12-17/h3-5,9-10,12-13,18H,7-8,11H2,1-2H3,(H,23,27)(H,24,25,26). The summed E-state index contributed by atoms with van der Waals surface area (Å²) in [6, 6.07) is 11.7. The first-order chi connectivity index (χ1) is 13.0. The Kier molecular flexibility index (Phi) is 5.51. The molecule has 0 spiro atoms. The van der Waals surface area contributed by atoms with Gasteiger partial charge in [-0.15, -0.1) is 0 Å². The molecule has 2 heterocycles. The van der Waals surface area contributed by atoms with Crippen LogP contribution in [0.5, 0.6) is 0 Å². The molecule has 138 valence electrons. The normalized spacial score (nSPS) is 13.6. The van der Waals surface area contributed by atoms with E-state index in [1.54, 1.807) is 6.20 Å². The fourth-order valence-electron chi connectivity index (χ4n) is 3.32. The van der Waals surface area contributed by atoms with Crippen molar-refractivity contribution in [3.8, 4) is 17.2 Å². The van der Waals surface area contributed by atoms with Crippen LogP contribution in [0.3, 0.4) is 0 Å². The smallest absolute Gasteiger partial charge is 0.230 e. The first-order valence-electron chi connectivity index (χ1n) is 9.01. The highest BCUT2D eigenvalue weighted by Gasteiger charge is 2.23. The lowest BCUT2D eigenvalue weighted by Gasteiger charge is -2.19. The molecule has 0 radical (unpaired) electrons. The number of nitriles is 1. The Labute approximate surface area is 158 Å². The molecule has 1 aromatic heterocycles. The van der Waals surface area contributed by atoms with Crippen molar-refractivity contribution in [2.75, 3.05) is 11.9 Å². The number of nitrogens with one attached hydrogen (secondary N) is 2. The third-order valence-corrected chi connectivity index (χ3v) is 4.56. The van der Waals surface area contributed by atoms with Crippen molar-refractivity contribution in [2.45, 2.75) is 32.6 Å². The second-order valence-electron chi connectivity index (χ2n) is 7.14. The second kappa shape index (κ2) is 8.00. The molecule has 0 saturated heterocycles. The molecule has 6 nitrogen and oxygen atoms in total. The molecule has 6 heteroatoms. The van der Waals surface area contributed by atoms with Crippen molar-refractivity contribution in [1.82, 2.24) is 10.3 Å². The highest BCUT2D eigenvalue weighted by atomic mass is 16.2. The molecule has 1 atom stereocenters. The van der Waals surface area contributed by atoms with E-state index in [1.165, 1.54) is 0 Å². The van der Waals surface area contributed by atoms with E-state index in [4.69, 9.17) is 5.26 Å². The van der Waals surface area contributed by atoms with Gasteiger partial charge >= 0.3 is 0 Å². The van der Waals surface area contributed by atoms with Gasteiger partial charge in [0.2, 0.25) is 11.8 Å². The first-order valence-corrected chi connectivity index (χ1v) is 9.01. The fourth-order valence-corrected chi connectivity index (χ4v) is 3.32. The van der Waals surface area contributed by atoms with Crippen LogP contribution in [0, 0.1) is 17.2 Å². The van der Waals surface area contributed by atoms with Gasteiger partial charge < -0.3 is 10.6 Å². The largest absolute Gasteiger partial charge is 0.342 e. The number of nitrogens with zero attached hydrogens (tertiary/aromatic N) is 2. The predicted octanol–water partition coefficient (Wildman–Crippen LogP) is 3.01. The van der Waals surface area contributed by atoms with Gasteiger partial charge in [-0.05, 0) is 29.5 Å². The van der Waals surface area contributed by atoms with Crippen molar-refractivity contribution >= 4 is 17.6 Å². The lowest BCUT2D eigenvalue weighted by atomic mass is 9.88. The minimum Gasteiger partial charge on any atom is -0.342 e. The molecule has 0 fully saturated rings. The fraction of sp³-hybridized carbons (Fsp3) is 0.333. The van der Waals surface area contributed by atoms with E-state index in [9.17, 15) is 9.59 Å². The molecule has 1 unspecified atom stereocenters. The number of hydrogen-bond donors (Lipinski definition) is 2. The molecule has 1 aromatic carbocycles. The average Bonchev–Trinajstić information content (AvgIpc) is 3.03. The summed E-state index contributed by atoms with van der Waals surface area (Å²) in [5.41, 5.74) is 3.65. The maximum Gasteiger partial charge on any atom is 0.230 e. The molecular formula is C21H22N4O2. The summed E-state index contributed by atoms with van der Waals surface area (Å²) in [7, 11) is 0. The van der Waals surface area contributed by atoms with Gasteiger partial charge in [0.1, 0.15) is 12.4 Å². The molecule has 2 N–H and O–H groups in total. The SMILES string of the molecule is CC(C)CC(C(=O)NCC#N)c1cccc(-c2cnc3c(c2)CC(=O)N3)c1. The van der Waals surface area contributed by atoms with E-state index in [2.05, 4.69) is 29.5 Å². The summed E-state index contributed by atoms with van der Waals surface area (Å²) in [4.78, 5) is 28.4. The third kappa shape index (κ3) is 4.32. The maximum absolute atomic E-state index is 12.6. The van der Waals surface area contributed by atoms with Crippen molar-refractivity contribution in [3.05, 3.63) is 47.7 Å². The summed E-state index contributed by atoms with van der Waals surface area (Å²) in [6.07, 6.45) is 2.76. The van der Waals surface area contributed by atoms with Crippen LogP contribution in [-0.4, -0.2) is 23.3 Å². The molecule has 27 heavy (non-hydrogen) atoms. The van der Waals surface area contributed by atoms with Crippen LogP contribution in [0.4, 0.5) is 5.82 Å². The Hall–Kier alpha value is -3.20. The second-order valence-corrected chi connectivity index (χ2v) is 7.14. The zero-order valence-corrected chi connectivity index (χ0v) is 15.5. The molecule has 1 aliphatic heterocycles. The van der Waals surface area contributed by atoms with Crippen LogP contribution in [0.1, 0.15) is 37.3 Å². The van der Waals surface area contributed by atoms with Crippen molar-refractivity contribution in [3.63, 3.8) is 0 Å². The van der Waals surface area contributed by atoms with E-state index >= 15 is 0 Å². The van der Waals surface area contributed by atoms with Gasteiger partial charge in [-0.3, -0.25) is 9.59 Å². The molecule has 0 saturated carbocycles. The van der Waals surface area contributed by atoms with E-state index in [1.807, 2.05) is 36.4 Å². The zero-order valence-electron chi connectivity index (χ0n) is 15.5. The lowest BCUT2D eigenvalue weighted by Crippen LogP contribution is -2.30. The quantitative estimate of drug-likeness (QED) is 0.772. The average molecular weight is 362 g/mol. The number of carbonyl (C=O) groups excluding carboxylic acids is 2. The number of benzene rings is 1. The van der Waals surface area contributed by atoms with Crippen molar-refractivity contribution in [1.29, 1.82) is 5.26 Å². The van der Waals surface area contributed by atoms with Gasteiger partial charge in [0, 0.05) is 17.3 Å². The molecule has 2 amide bonds. The Morgan fingerprint density at radius 2 is 2.15 bits per heavy atom. The van der Waals surface area contributed by atoms with Crippen LogP contribution < -0.4 is 10.6 Å². The molecular weight excluding hydrogens is 340 g/mol. The monoisotopic (exact) mass is 362 g/mol.